The van der Waals surface area contributed by atoms with E-state index < -0.39 is 23.4 Å². The quantitative estimate of drug-likeness (QED) is 0.944. The number of hydrogen-bond acceptors (Lipinski definition) is 2. The average molecular weight is 304 g/mol. The molecule has 6 heteroatoms. The summed E-state index contributed by atoms with van der Waals surface area (Å²) in [4.78, 5) is 24.8. The molecule has 2 aromatic rings. The van der Waals surface area contributed by atoms with Crippen LogP contribution in [0.2, 0.25) is 0 Å². The lowest BCUT2D eigenvalue weighted by atomic mass is 10.2. The Bertz CT molecular complexity index is 704. The SMILES string of the molecule is CC(=O)N(CC(=O)Nc1cccc(F)c1)c1cccc(F)c1. The zero-order valence-corrected chi connectivity index (χ0v) is 11.8. The maximum absolute atomic E-state index is 13.2. The molecule has 114 valence electrons. The summed E-state index contributed by atoms with van der Waals surface area (Å²) < 4.78 is 26.3. The van der Waals surface area contributed by atoms with E-state index in [9.17, 15) is 18.4 Å². The van der Waals surface area contributed by atoms with Gasteiger partial charge in [-0.1, -0.05) is 12.1 Å². The first-order valence-corrected chi connectivity index (χ1v) is 6.55. The van der Waals surface area contributed by atoms with Crippen molar-refractivity contribution < 1.29 is 18.4 Å². The topological polar surface area (TPSA) is 49.4 Å². The fourth-order valence-electron chi connectivity index (χ4n) is 1.94. The zero-order valence-electron chi connectivity index (χ0n) is 11.8. The third-order valence-corrected chi connectivity index (χ3v) is 2.91. The lowest BCUT2D eigenvalue weighted by molar-refractivity contribution is -0.120. The summed E-state index contributed by atoms with van der Waals surface area (Å²) in [7, 11) is 0. The first-order valence-electron chi connectivity index (χ1n) is 6.55. The van der Waals surface area contributed by atoms with Gasteiger partial charge in [-0.2, -0.15) is 0 Å². The lowest BCUT2D eigenvalue weighted by Gasteiger charge is -2.20. The van der Waals surface area contributed by atoms with Crippen LogP contribution in [0.3, 0.4) is 0 Å². The molecular weight excluding hydrogens is 290 g/mol. The van der Waals surface area contributed by atoms with Crippen LogP contribution < -0.4 is 10.2 Å². The van der Waals surface area contributed by atoms with Gasteiger partial charge < -0.3 is 10.2 Å². The van der Waals surface area contributed by atoms with E-state index in [4.69, 9.17) is 0 Å². The van der Waals surface area contributed by atoms with Crippen molar-refractivity contribution in [3.63, 3.8) is 0 Å². The molecule has 0 unspecified atom stereocenters. The summed E-state index contributed by atoms with van der Waals surface area (Å²) in [6.45, 7) is 0.982. The number of amides is 2. The summed E-state index contributed by atoms with van der Waals surface area (Å²) in [5, 5.41) is 2.49. The highest BCUT2D eigenvalue weighted by Gasteiger charge is 2.16. The van der Waals surface area contributed by atoms with Crippen LogP contribution in [0.5, 0.6) is 0 Å². The Morgan fingerprint density at radius 3 is 2.27 bits per heavy atom. The van der Waals surface area contributed by atoms with Crippen molar-refractivity contribution >= 4 is 23.2 Å². The van der Waals surface area contributed by atoms with Crippen molar-refractivity contribution in [1.82, 2.24) is 0 Å². The number of halogens is 2. The predicted molar refractivity (Wildman–Crippen MR) is 79.5 cm³/mol. The van der Waals surface area contributed by atoms with Gasteiger partial charge >= 0.3 is 0 Å². The fraction of sp³-hybridized carbons (Fsp3) is 0.125. The molecule has 0 atom stereocenters. The van der Waals surface area contributed by atoms with E-state index in [1.54, 1.807) is 0 Å². The Hall–Kier alpha value is -2.76. The number of anilines is 2. The Kier molecular flexibility index (Phi) is 4.83. The minimum absolute atomic E-state index is 0.280. The second-order valence-corrected chi connectivity index (χ2v) is 4.64. The summed E-state index contributed by atoms with van der Waals surface area (Å²) >= 11 is 0. The lowest BCUT2D eigenvalue weighted by Crippen LogP contribution is -2.36. The second-order valence-electron chi connectivity index (χ2n) is 4.64. The average Bonchev–Trinajstić information content (AvgIpc) is 2.44. The maximum Gasteiger partial charge on any atom is 0.244 e. The monoisotopic (exact) mass is 304 g/mol. The van der Waals surface area contributed by atoms with Crippen molar-refractivity contribution in [2.75, 3.05) is 16.8 Å². The standard InChI is InChI=1S/C16H14F2N2O2/c1-11(21)20(15-7-3-5-13(18)9-15)10-16(22)19-14-6-2-4-12(17)8-14/h2-9H,10H2,1H3,(H,19,22). The Balaban J connectivity index is 2.11. The third-order valence-electron chi connectivity index (χ3n) is 2.91. The van der Waals surface area contributed by atoms with E-state index in [2.05, 4.69) is 5.32 Å². The molecule has 0 heterocycles. The van der Waals surface area contributed by atoms with Gasteiger partial charge in [0.2, 0.25) is 11.8 Å². The second kappa shape index (κ2) is 6.80. The number of carbonyl (C=O) groups is 2. The molecule has 0 aliphatic rings. The molecule has 22 heavy (non-hydrogen) atoms. The van der Waals surface area contributed by atoms with E-state index >= 15 is 0 Å². The van der Waals surface area contributed by atoms with Gasteiger partial charge in [0.25, 0.3) is 0 Å². The maximum atomic E-state index is 13.2. The number of nitrogens with zero attached hydrogens (tertiary/aromatic N) is 1. The highest BCUT2D eigenvalue weighted by atomic mass is 19.1. The van der Waals surface area contributed by atoms with Gasteiger partial charge in [-0.05, 0) is 36.4 Å². The third kappa shape index (κ3) is 4.12. The van der Waals surface area contributed by atoms with Crippen LogP contribution in [0.4, 0.5) is 20.2 Å². The van der Waals surface area contributed by atoms with Gasteiger partial charge in [-0.15, -0.1) is 0 Å². The first kappa shape index (κ1) is 15.6. The predicted octanol–water partition coefficient (Wildman–Crippen LogP) is 2.96. The van der Waals surface area contributed by atoms with Crippen molar-refractivity contribution in [2.24, 2.45) is 0 Å². The van der Waals surface area contributed by atoms with Gasteiger partial charge in [0.15, 0.2) is 0 Å². The van der Waals surface area contributed by atoms with Crippen LogP contribution in [0.15, 0.2) is 48.5 Å². The van der Waals surface area contributed by atoms with Crippen molar-refractivity contribution in [3.05, 3.63) is 60.2 Å². The number of nitrogens with one attached hydrogen (secondary N) is 1. The Morgan fingerprint density at radius 1 is 1.05 bits per heavy atom. The first-order chi connectivity index (χ1) is 10.5. The molecule has 0 saturated heterocycles. The Labute approximate surface area is 126 Å². The molecule has 0 bridgehead atoms. The summed E-state index contributed by atoms with van der Waals surface area (Å²) in [5.74, 6) is -1.90. The van der Waals surface area contributed by atoms with E-state index in [0.717, 1.165) is 17.0 Å². The summed E-state index contributed by atoms with van der Waals surface area (Å²) in [5.41, 5.74) is 0.564. The van der Waals surface area contributed by atoms with Crippen LogP contribution in [-0.4, -0.2) is 18.4 Å². The zero-order chi connectivity index (χ0) is 16.1. The van der Waals surface area contributed by atoms with Crippen LogP contribution in [0.25, 0.3) is 0 Å². The molecule has 0 aromatic heterocycles. The van der Waals surface area contributed by atoms with E-state index in [0.29, 0.717) is 0 Å². The number of carbonyl (C=O) groups excluding carboxylic acids is 2. The van der Waals surface area contributed by atoms with E-state index in [1.165, 1.54) is 43.3 Å². The van der Waals surface area contributed by atoms with Gasteiger partial charge in [0, 0.05) is 18.3 Å². The van der Waals surface area contributed by atoms with Crippen LogP contribution in [0, 0.1) is 11.6 Å². The van der Waals surface area contributed by atoms with Gasteiger partial charge in [0.05, 0.1) is 0 Å². The molecule has 2 aromatic carbocycles. The Morgan fingerprint density at radius 2 is 1.68 bits per heavy atom. The molecule has 0 aliphatic carbocycles. The highest BCUT2D eigenvalue weighted by molar-refractivity contribution is 6.01. The largest absolute Gasteiger partial charge is 0.324 e. The normalized spacial score (nSPS) is 10.1. The highest BCUT2D eigenvalue weighted by Crippen LogP contribution is 2.16. The number of hydrogen-bond donors (Lipinski definition) is 1. The van der Waals surface area contributed by atoms with Crippen LogP contribution in [0.1, 0.15) is 6.92 Å². The van der Waals surface area contributed by atoms with Crippen molar-refractivity contribution in [3.8, 4) is 0 Å². The molecule has 4 nitrogen and oxygen atoms in total. The van der Waals surface area contributed by atoms with Crippen molar-refractivity contribution in [2.45, 2.75) is 6.92 Å². The molecule has 0 radical (unpaired) electrons. The van der Waals surface area contributed by atoms with Gasteiger partial charge in [0.1, 0.15) is 18.2 Å². The molecular formula is C16H14F2N2O2. The molecule has 2 rings (SSSR count). The van der Waals surface area contributed by atoms with E-state index in [1.807, 2.05) is 0 Å². The molecule has 0 saturated carbocycles. The van der Waals surface area contributed by atoms with E-state index in [-0.39, 0.29) is 17.9 Å². The molecule has 2 amide bonds. The van der Waals surface area contributed by atoms with Gasteiger partial charge in [-0.25, -0.2) is 8.78 Å². The van der Waals surface area contributed by atoms with Crippen molar-refractivity contribution in [1.29, 1.82) is 0 Å². The van der Waals surface area contributed by atoms with Crippen LogP contribution >= 0.6 is 0 Å². The smallest absolute Gasteiger partial charge is 0.244 e. The number of benzene rings is 2. The van der Waals surface area contributed by atoms with Gasteiger partial charge in [-0.3, -0.25) is 9.59 Å². The minimum Gasteiger partial charge on any atom is -0.324 e. The molecule has 0 fully saturated rings. The molecule has 0 aliphatic heterocycles. The molecule has 0 spiro atoms. The summed E-state index contributed by atoms with van der Waals surface area (Å²) in [6.07, 6.45) is 0. The summed E-state index contributed by atoms with van der Waals surface area (Å²) in [6, 6.07) is 10.8. The molecule has 1 N–H and O–H groups in total. The minimum atomic E-state index is -0.509. The number of rotatable bonds is 4. The fourth-order valence-corrected chi connectivity index (χ4v) is 1.94. The van der Waals surface area contributed by atoms with Crippen LogP contribution in [-0.2, 0) is 9.59 Å².